The standard InChI is InChI=1S/C21H22F5N7O2/c1-12-6-20(22,23)11-33(14(12)10-35-16-9-31-15(8-32-16)21(24,25)26)19(34)17(27)13(7-28-2)18-29-4-3-5-30-18/h3-5,7-9,12,14H,6,10-11,27H2,1-2H3. The summed E-state index contributed by atoms with van der Waals surface area (Å²) >= 11 is 0. The molecule has 14 heteroatoms. The molecule has 0 spiro atoms. The van der Waals surface area contributed by atoms with E-state index in [2.05, 4.69) is 24.9 Å². The van der Waals surface area contributed by atoms with Gasteiger partial charge in [0.25, 0.3) is 11.8 Å². The quantitative estimate of drug-likeness (QED) is 0.369. The Labute approximate surface area is 197 Å². The number of alkyl halides is 5. The Morgan fingerprint density at radius 2 is 1.94 bits per heavy atom. The molecule has 2 aromatic rings. The molecule has 0 aliphatic carbocycles. The number of nitrogens with zero attached hydrogens (tertiary/aromatic N) is 6. The molecule has 1 fully saturated rings. The molecule has 0 bridgehead atoms. The Kier molecular flexibility index (Phi) is 7.60. The minimum absolute atomic E-state index is 0.0490. The fraction of sp³-hybridized carbons (Fsp3) is 0.429. The van der Waals surface area contributed by atoms with E-state index in [-0.39, 0.29) is 23.9 Å². The van der Waals surface area contributed by atoms with Crippen molar-refractivity contribution < 1.29 is 31.5 Å². The number of halogens is 5. The second-order valence-corrected chi connectivity index (χ2v) is 7.87. The van der Waals surface area contributed by atoms with E-state index in [4.69, 9.17) is 10.5 Å². The molecule has 3 rings (SSSR count). The van der Waals surface area contributed by atoms with Crippen molar-refractivity contribution in [3.8, 4) is 5.88 Å². The van der Waals surface area contributed by atoms with E-state index in [9.17, 15) is 26.7 Å². The van der Waals surface area contributed by atoms with Gasteiger partial charge in [-0.2, -0.15) is 13.2 Å². The van der Waals surface area contributed by atoms with Gasteiger partial charge in [-0.3, -0.25) is 9.79 Å². The first-order valence-corrected chi connectivity index (χ1v) is 10.3. The molecule has 2 atom stereocenters. The fourth-order valence-electron chi connectivity index (χ4n) is 3.61. The van der Waals surface area contributed by atoms with Crippen molar-refractivity contribution in [2.75, 3.05) is 20.2 Å². The first-order valence-electron chi connectivity index (χ1n) is 10.3. The van der Waals surface area contributed by atoms with E-state index in [1.165, 1.54) is 32.6 Å². The highest BCUT2D eigenvalue weighted by Gasteiger charge is 2.47. The number of ether oxygens (including phenoxy) is 1. The maximum absolute atomic E-state index is 14.4. The van der Waals surface area contributed by atoms with Crippen molar-refractivity contribution in [3.63, 3.8) is 0 Å². The molecule has 1 aliphatic rings. The molecule has 1 aliphatic heterocycles. The van der Waals surface area contributed by atoms with Crippen molar-refractivity contribution >= 4 is 17.7 Å². The highest BCUT2D eigenvalue weighted by Crippen LogP contribution is 2.35. The lowest BCUT2D eigenvalue weighted by atomic mass is 9.88. The number of aliphatic imine (C=N–C) groups is 1. The summed E-state index contributed by atoms with van der Waals surface area (Å²) in [5, 5.41) is 0. The third-order valence-electron chi connectivity index (χ3n) is 5.25. The van der Waals surface area contributed by atoms with Crippen LogP contribution >= 0.6 is 0 Å². The van der Waals surface area contributed by atoms with Crippen LogP contribution in [0.3, 0.4) is 0 Å². The highest BCUT2D eigenvalue weighted by atomic mass is 19.4. The van der Waals surface area contributed by atoms with Gasteiger partial charge in [-0.05, 0) is 12.0 Å². The Morgan fingerprint density at radius 1 is 1.26 bits per heavy atom. The molecular formula is C21H22F5N7O2. The van der Waals surface area contributed by atoms with Crippen molar-refractivity contribution in [3.05, 3.63) is 48.1 Å². The first kappa shape index (κ1) is 25.9. The molecule has 2 unspecified atom stereocenters. The van der Waals surface area contributed by atoms with Gasteiger partial charge >= 0.3 is 6.18 Å². The zero-order chi connectivity index (χ0) is 25.8. The van der Waals surface area contributed by atoms with Crippen LogP contribution in [0.1, 0.15) is 24.9 Å². The summed E-state index contributed by atoms with van der Waals surface area (Å²) in [5.41, 5.74) is 4.52. The number of hydrogen-bond donors (Lipinski definition) is 1. The van der Waals surface area contributed by atoms with Gasteiger partial charge in [-0.25, -0.2) is 28.7 Å². The third-order valence-corrected chi connectivity index (χ3v) is 5.25. The molecule has 2 N–H and O–H groups in total. The molecular weight excluding hydrogens is 477 g/mol. The number of amides is 1. The second kappa shape index (κ2) is 10.3. The number of rotatable bonds is 6. The van der Waals surface area contributed by atoms with Crippen molar-refractivity contribution in [1.29, 1.82) is 0 Å². The largest absolute Gasteiger partial charge is 0.474 e. The Balaban J connectivity index is 1.88. The molecule has 35 heavy (non-hydrogen) atoms. The minimum atomic E-state index is -4.68. The van der Waals surface area contributed by atoms with Crippen LogP contribution in [0.2, 0.25) is 0 Å². The topological polar surface area (TPSA) is 119 Å². The summed E-state index contributed by atoms with van der Waals surface area (Å²) < 4.78 is 72.3. The van der Waals surface area contributed by atoms with Gasteiger partial charge in [-0.1, -0.05) is 6.92 Å². The Bertz CT molecular complexity index is 1090. The number of piperidine rings is 1. The van der Waals surface area contributed by atoms with E-state index < -0.39 is 54.3 Å². The van der Waals surface area contributed by atoms with Gasteiger partial charge in [0.05, 0.1) is 30.6 Å². The van der Waals surface area contributed by atoms with E-state index >= 15 is 0 Å². The van der Waals surface area contributed by atoms with E-state index in [1.54, 1.807) is 6.07 Å². The fourth-order valence-corrected chi connectivity index (χ4v) is 3.61. The number of nitrogens with two attached hydrogens (primary N) is 1. The Hall–Kier alpha value is -3.71. The SMILES string of the molecule is CN=CC(=C(N)C(=O)N1CC(F)(F)CC(C)C1COc1cnc(C(F)(F)F)cn1)c1ncccn1. The van der Waals surface area contributed by atoms with Crippen molar-refractivity contribution in [2.45, 2.75) is 31.5 Å². The molecule has 3 heterocycles. The number of aromatic nitrogens is 4. The summed E-state index contributed by atoms with van der Waals surface area (Å²) in [4.78, 5) is 32.9. The maximum atomic E-state index is 14.4. The van der Waals surface area contributed by atoms with Gasteiger partial charge in [0.2, 0.25) is 5.88 Å². The lowest BCUT2D eigenvalue weighted by Crippen LogP contribution is -2.58. The average molecular weight is 499 g/mol. The van der Waals surface area contributed by atoms with E-state index in [0.717, 1.165) is 11.1 Å². The molecule has 0 saturated carbocycles. The lowest BCUT2D eigenvalue weighted by molar-refractivity contribution is -0.151. The predicted molar refractivity (Wildman–Crippen MR) is 114 cm³/mol. The number of likely N-dealkylation sites (tertiary alicyclic amines) is 1. The normalized spacial score (nSPS) is 21.1. The smallest absolute Gasteiger partial charge is 0.434 e. The van der Waals surface area contributed by atoms with Crippen LogP contribution < -0.4 is 10.5 Å². The summed E-state index contributed by atoms with van der Waals surface area (Å²) in [5.74, 6) is -5.02. The maximum Gasteiger partial charge on any atom is 0.434 e. The molecule has 9 nitrogen and oxygen atoms in total. The number of carbonyl (C=O) groups excluding carboxylic acids is 1. The summed E-state index contributed by atoms with van der Waals surface area (Å²) in [6.45, 7) is 0.250. The van der Waals surface area contributed by atoms with Crippen LogP contribution in [-0.2, 0) is 11.0 Å². The van der Waals surface area contributed by atoms with Gasteiger partial charge in [0.1, 0.15) is 12.3 Å². The van der Waals surface area contributed by atoms with Gasteiger partial charge in [-0.15, -0.1) is 0 Å². The minimum Gasteiger partial charge on any atom is -0.474 e. The summed E-state index contributed by atoms with van der Waals surface area (Å²) in [7, 11) is 1.43. The monoisotopic (exact) mass is 499 g/mol. The van der Waals surface area contributed by atoms with E-state index in [0.29, 0.717) is 6.20 Å². The third kappa shape index (κ3) is 6.25. The van der Waals surface area contributed by atoms with Crippen LogP contribution in [-0.4, -0.2) is 69.1 Å². The zero-order valence-corrected chi connectivity index (χ0v) is 18.7. The summed E-state index contributed by atoms with van der Waals surface area (Å²) in [6.07, 6.45) is 0.145. The Morgan fingerprint density at radius 3 is 2.51 bits per heavy atom. The molecule has 1 amide bonds. The summed E-state index contributed by atoms with van der Waals surface area (Å²) in [6, 6.07) is 0.661. The second-order valence-electron chi connectivity index (χ2n) is 7.87. The zero-order valence-electron chi connectivity index (χ0n) is 18.7. The van der Waals surface area contributed by atoms with Gasteiger partial charge in [0.15, 0.2) is 11.5 Å². The molecule has 188 valence electrons. The molecule has 0 radical (unpaired) electrons. The number of carbonyl (C=O) groups is 1. The van der Waals surface area contributed by atoms with Crippen LogP contribution in [0.25, 0.3) is 5.57 Å². The van der Waals surface area contributed by atoms with Crippen molar-refractivity contribution in [1.82, 2.24) is 24.8 Å². The molecule has 0 aromatic carbocycles. The van der Waals surface area contributed by atoms with Gasteiger partial charge in [0, 0.05) is 32.1 Å². The van der Waals surface area contributed by atoms with Gasteiger partial charge < -0.3 is 15.4 Å². The predicted octanol–water partition coefficient (Wildman–Crippen LogP) is 2.61. The average Bonchev–Trinajstić information content (AvgIpc) is 2.80. The highest BCUT2D eigenvalue weighted by molar-refractivity contribution is 6.17. The first-order chi connectivity index (χ1) is 16.4. The number of allylic oxidation sites excluding steroid dienone is 1. The van der Waals surface area contributed by atoms with Crippen LogP contribution in [0.15, 0.2) is 41.5 Å². The van der Waals surface area contributed by atoms with E-state index in [1.807, 2.05) is 0 Å². The number of hydrogen-bond acceptors (Lipinski definition) is 8. The lowest BCUT2D eigenvalue weighted by Gasteiger charge is -2.43. The molecule has 1 saturated heterocycles. The van der Waals surface area contributed by atoms with Crippen molar-refractivity contribution in [2.24, 2.45) is 16.6 Å². The van der Waals surface area contributed by atoms with Crippen LogP contribution in [0, 0.1) is 5.92 Å². The van der Waals surface area contributed by atoms with Crippen LogP contribution in [0.4, 0.5) is 22.0 Å². The molecule has 2 aromatic heterocycles. The van der Waals surface area contributed by atoms with Crippen LogP contribution in [0.5, 0.6) is 5.88 Å².